The molecule has 5 fully saturated rings. The Labute approximate surface area is 249 Å². The van der Waals surface area contributed by atoms with Gasteiger partial charge in [-0.1, -0.05) is 0 Å². The van der Waals surface area contributed by atoms with Crippen molar-refractivity contribution in [2.75, 3.05) is 26.2 Å². The molecule has 0 aromatic carbocycles. The average Bonchev–Trinajstić information content (AvgIpc) is 3.58. The van der Waals surface area contributed by atoms with Crippen molar-refractivity contribution in [2.24, 2.45) is 28.9 Å². The van der Waals surface area contributed by atoms with Crippen LogP contribution in [0.1, 0.15) is 25.7 Å². The lowest BCUT2D eigenvalue weighted by atomic mass is 9.76. The van der Waals surface area contributed by atoms with Gasteiger partial charge >= 0.3 is 0 Å². The zero-order valence-electron chi connectivity index (χ0n) is 23.9. The van der Waals surface area contributed by atoms with E-state index >= 15 is 0 Å². The summed E-state index contributed by atoms with van der Waals surface area (Å²) in [5.74, 6) is -1.29. The molecule has 17 nitrogen and oxygen atoms in total. The van der Waals surface area contributed by atoms with Gasteiger partial charge in [0.05, 0.1) is 37.0 Å². The smallest absolute Gasteiger partial charge is 0.186 e. The number of nitrogens with two attached hydrogens (primary N) is 4. The number of rotatable bonds is 11. The van der Waals surface area contributed by atoms with Gasteiger partial charge in [0.15, 0.2) is 18.4 Å². The van der Waals surface area contributed by atoms with Crippen LogP contribution >= 0.6 is 0 Å². The van der Waals surface area contributed by atoms with Crippen molar-refractivity contribution in [2.45, 2.75) is 123 Å². The minimum Gasteiger partial charge on any atom is -0.394 e. The van der Waals surface area contributed by atoms with Gasteiger partial charge in [0.2, 0.25) is 0 Å². The summed E-state index contributed by atoms with van der Waals surface area (Å²) in [6.45, 7) is 0.870. The lowest BCUT2D eigenvalue weighted by Gasteiger charge is -2.49. The van der Waals surface area contributed by atoms with Crippen molar-refractivity contribution < 1.29 is 54.4 Å². The van der Waals surface area contributed by atoms with Crippen LogP contribution in [0, 0.1) is 5.92 Å². The van der Waals surface area contributed by atoms with Crippen LogP contribution in [0.15, 0.2) is 0 Å². The van der Waals surface area contributed by atoms with E-state index in [2.05, 4.69) is 10.6 Å². The molecular formula is C26H48N6O11. The zero-order chi connectivity index (χ0) is 31.2. The average molecular weight is 621 g/mol. The van der Waals surface area contributed by atoms with Gasteiger partial charge in [0.25, 0.3) is 0 Å². The number of ketones is 1. The summed E-state index contributed by atoms with van der Waals surface area (Å²) < 4.78 is 24.0. The van der Waals surface area contributed by atoms with Crippen LogP contribution in [0.5, 0.6) is 0 Å². The Kier molecular flexibility index (Phi) is 10.4. The number of aliphatic hydroxyl groups is 6. The fraction of sp³-hybridized carbons (Fsp3) is 0.962. The summed E-state index contributed by atoms with van der Waals surface area (Å²) in [6, 6.07) is -3.09. The predicted molar refractivity (Wildman–Crippen MR) is 147 cm³/mol. The summed E-state index contributed by atoms with van der Waals surface area (Å²) in [4.78, 5) is 13.0. The molecule has 16 N–H and O–H groups in total. The van der Waals surface area contributed by atoms with E-state index in [1.54, 1.807) is 0 Å². The van der Waals surface area contributed by atoms with E-state index in [0.29, 0.717) is 0 Å². The maximum Gasteiger partial charge on any atom is 0.186 e. The monoisotopic (exact) mass is 620 g/mol. The quantitative estimate of drug-likeness (QED) is 0.102. The first kappa shape index (κ1) is 33.4. The minimum atomic E-state index is -1.68. The molecule has 17 heteroatoms. The molecule has 5 rings (SSSR count). The predicted octanol–water partition coefficient (Wildman–Crippen LogP) is -6.98. The third-order valence-electron chi connectivity index (χ3n) is 9.60. The minimum absolute atomic E-state index is 0.0357. The molecule has 0 bridgehead atoms. The maximum atomic E-state index is 13.0. The van der Waals surface area contributed by atoms with Crippen LogP contribution in [0.4, 0.5) is 0 Å². The first-order valence-electron chi connectivity index (χ1n) is 15.0. The molecule has 2 aliphatic carbocycles. The topological polar surface area (TPSA) is 304 Å². The molecule has 0 aromatic heterocycles. The van der Waals surface area contributed by atoms with Crippen molar-refractivity contribution in [3.05, 3.63) is 0 Å². The number of carbonyl (C=O) groups excluding carboxylic acids is 1. The van der Waals surface area contributed by atoms with Crippen LogP contribution in [-0.4, -0.2) is 160 Å². The first-order chi connectivity index (χ1) is 20.4. The number of Topliss-reactive ketones (excluding diaryl/α,β-unsaturated/α-hetero) is 1. The van der Waals surface area contributed by atoms with Gasteiger partial charge in [0.1, 0.15) is 36.1 Å². The Hall–Kier alpha value is -0.970. The van der Waals surface area contributed by atoms with Crippen molar-refractivity contribution in [3.63, 3.8) is 0 Å². The van der Waals surface area contributed by atoms with Gasteiger partial charge in [-0.25, -0.2) is 0 Å². The maximum absolute atomic E-state index is 13.0. The third-order valence-corrected chi connectivity index (χ3v) is 9.60. The molecule has 0 spiro atoms. The zero-order valence-corrected chi connectivity index (χ0v) is 23.9. The molecule has 3 saturated heterocycles. The van der Waals surface area contributed by atoms with E-state index in [-0.39, 0.29) is 38.3 Å². The number of hydrogen-bond donors (Lipinski definition) is 12. The van der Waals surface area contributed by atoms with E-state index in [0.717, 1.165) is 13.1 Å². The van der Waals surface area contributed by atoms with E-state index in [1.165, 1.54) is 0 Å². The largest absolute Gasteiger partial charge is 0.394 e. The highest BCUT2D eigenvalue weighted by Gasteiger charge is 2.58. The second kappa shape index (κ2) is 13.4. The van der Waals surface area contributed by atoms with Gasteiger partial charge in [-0.3, -0.25) is 4.79 Å². The Bertz CT molecular complexity index is 967. The molecule has 0 radical (unpaired) electrons. The Balaban J connectivity index is 1.36. The van der Waals surface area contributed by atoms with Crippen LogP contribution in [0.25, 0.3) is 0 Å². The lowest BCUT2D eigenvalue weighted by molar-refractivity contribution is -0.320. The Morgan fingerprint density at radius 2 is 1.60 bits per heavy atom. The summed E-state index contributed by atoms with van der Waals surface area (Å²) in [6.07, 6.45) is -11.7. The van der Waals surface area contributed by atoms with Gasteiger partial charge in [0, 0.05) is 50.6 Å². The van der Waals surface area contributed by atoms with E-state index in [1.807, 2.05) is 0 Å². The Morgan fingerprint density at radius 3 is 2.19 bits per heavy atom. The number of hydrogen-bond acceptors (Lipinski definition) is 17. The van der Waals surface area contributed by atoms with Gasteiger partial charge in [-0.15, -0.1) is 0 Å². The summed E-state index contributed by atoms with van der Waals surface area (Å²) in [5, 5.41) is 70.0. The molecule has 16 atom stereocenters. The van der Waals surface area contributed by atoms with Gasteiger partial charge in [-0.05, 0) is 18.8 Å². The molecular weight excluding hydrogens is 572 g/mol. The van der Waals surface area contributed by atoms with Crippen molar-refractivity contribution in [3.8, 4) is 0 Å². The number of nitrogens with one attached hydrogen (secondary N) is 2. The van der Waals surface area contributed by atoms with Crippen LogP contribution in [0.2, 0.25) is 0 Å². The second-order valence-electron chi connectivity index (χ2n) is 12.7. The van der Waals surface area contributed by atoms with E-state index < -0.39 is 109 Å². The van der Waals surface area contributed by atoms with Crippen LogP contribution < -0.4 is 33.6 Å². The summed E-state index contributed by atoms with van der Waals surface area (Å²) in [7, 11) is 0. The normalized spacial score (nSPS) is 50.7. The van der Waals surface area contributed by atoms with Crippen molar-refractivity contribution in [1.82, 2.24) is 10.6 Å². The van der Waals surface area contributed by atoms with Gasteiger partial charge in [-0.2, -0.15) is 0 Å². The van der Waals surface area contributed by atoms with Crippen LogP contribution in [0.3, 0.4) is 0 Å². The molecule has 2 unspecified atom stereocenters. The lowest BCUT2D eigenvalue weighted by Crippen LogP contribution is -2.67. The molecule has 3 aliphatic heterocycles. The molecule has 248 valence electrons. The fourth-order valence-corrected chi connectivity index (χ4v) is 6.54. The summed E-state index contributed by atoms with van der Waals surface area (Å²) in [5.41, 5.74) is 22.4. The van der Waals surface area contributed by atoms with Crippen LogP contribution in [-0.2, 0) is 23.7 Å². The van der Waals surface area contributed by atoms with Crippen molar-refractivity contribution in [1.29, 1.82) is 0 Å². The molecule has 0 aromatic rings. The SMILES string of the molecule is NC[C@H]1O[C@H](O[C@H]2[C@H](O)[C@@H](O[C@H]3O[C@H](CO)[C@@H](O)[C@H](N)[C@H]3O)[C@H](CC(=O)C3(O)CC3N)C[C@@H]2N)[C@H](NC2CNC2)C[C@@H]1O. The number of ether oxygens (including phenoxy) is 4. The highest BCUT2D eigenvalue weighted by atomic mass is 16.7. The van der Waals surface area contributed by atoms with Crippen molar-refractivity contribution >= 4 is 5.78 Å². The fourth-order valence-electron chi connectivity index (χ4n) is 6.54. The molecule has 0 amide bonds. The molecule has 43 heavy (non-hydrogen) atoms. The summed E-state index contributed by atoms with van der Waals surface area (Å²) >= 11 is 0. The number of carbonyl (C=O) groups is 1. The van der Waals surface area contributed by atoms with E-state index in [4.69, 9.17) is 41.9 Å². The van der Waals surface area contributed by atoms with E-state index in [9.17, 15) is 35.4 Å². The molecule has 3 heterocycles. The third kappa shape index (κ3) is 6.78. The highest BCUT2D eigenvalue weighted by molar-refractivity contribution is 5.91. The second-order valence-corrected chi connectivity index (χ2v) is 12.7. The Morgan fingerprint density at radius 1 is 0.953 bits per heavy atom. The molecule has 5 aliphatic rings. The first-order valence-corrected chi connectivity index (χ1v) is 15.0. The highest BCUT2D eigenvalue weighted by Crippen LogP contribution is 2.41. The standard InChI is InChI=1S/C26H48N6O11/c27-5-14-13(34)3-12(32-10-6-31-7-10)24(40-14)43-23-11(28)1-9(2-17(35)26(39)4-16(26)29)22(21(23)38)42-25-20(37)18(30)19(36)15(8-33)41-25/h9-16,18-25,31-34,36-39H,1-8,27-30H2/t9-,11-,12+,13-,14+,15+,16?,18-,19+,20+,21+,22-,23+,24+,25+,26?/m0/s1. The van der Waals surface area contributed by atoms with Gasteiger partial charge < -0.3 is 83.2 Å². The number of aliphatic hydroxyl groups excluding tert-OH is 5. The molecule has 2 saturated carbocycles.